The minimum absolute atomic E-state index is 0.0165. The van der Waals surface area contributed by atoms with Gasteiger partial charge in [-0.15, -0.1) is 0 Å². The van der Waals surface area contributed by atoms with Crippen molar-refractivity contribution in [2.75, 3.05) is 32.7 Å². The van der Waals surface area contributed by atoms with Gasteiger partial charge in [0.15, 0.2) is 0 Å². The Hall–Kier alpha value is -2.89. The Bertz CT molecular complexity index is 894. The van der Waals surface area contributed by atoms with E-state index >= 15 is 0 Å². The number of benzene rings is 2. The van der Waals surface area contributed by atoms with E-state index in [1.165, 1.54) is 6.07 Å². The molecule has 6 heteroatoms. The van der Waals surface area contributed by atoms with Gasteiger partial charge in [-0.2, -0.15) is 0 Å². The molecule has 0 saturated carbocycles. The lowest BCUT2D eigenvalue weighted by molar-refractivity contribution is 0.0955. The highest BCUT2D eigenvalue weighted by Crippen LogP contribution is 2.33. The third-order valence-electron chi connectivity index (χ3n) is 5.78. The third-order valence-corrected chi connectivity index (χ3v) is 5.78. The van der Waals surface area contributed by atoms with E-state index in [-0.39, 0.29) is 23.7 Å². The summed E-state index contributed by atoms with van der Waals surface area (Å²) in [6, 6.07) is 12.6. The first kappa shape index (κ1) is 21.8. The average Bonchev–Trinajstić information content (AvgIpc) is 2.96. The zero-order valence-corrected chi connectivity index (χ0v) is 18.0. The molecule has 5 nitrogen and oxygen atoms in total. The van der Waals surface area contributed by atoms with Crippen molar-refractivity contribution in [2.24, 2.45) is 0 Å². The lowest BCUT2D eigenvalue weighted by Crippen LogP contribution is -2.44. The second-order valence-electron chi connectivity index (χ2n) is 7.49. The van der Waals surface area contributed by atoms with Crippen LogP contribution in [0.3, 0.4) is 0 Å². The van der Waals surface area contributed by atoms with Crippen LogP contribution in [0.25, 0.3) is 0 Å². The van der Waals surface area contributed by atoms with Crippen LogP contribution in [0.4, 0.5) is 9.18 Å². The van der Waals surface area contributed by atoms with Gasteiger partial charge in [0.25, 0.3) is 5.91 Å². The highest BCUT2D eigenvalue weighted by atomic mass is 19.1. The number of urea groups is 1. The summed E-state index contributed by atoms with van der Waals surface area (Å²) in [5.41, 5.74) is 3.14. The third kappa shape index (κ3) is 4.48. The Morgan fingerprint density at radius 1 is 1.10 bits per heavy atom. The fourth-order valence-corrected chi connectivity index (χ4v) is 4.10. The molecule has 3 amide bonds. The van der Waals surface area contributed by atoms with Crippen LogP contribution in [0.15, 0.2) is 42.5 Å². The topological polar surface area (TPSA) is 52.7 Å². The summed E-state index contributed by atoms with van der Waals surface area (Å²) in [5.74, 6) is -0.496. The molecule has 1 heterocycles. The molecule has 160 valence electrons. The molecular weight excluding hydrogens is 381 g/mol. The van der Waals surface area contributed by atoms with E-state index in [0.29, 0.717) is 50.3 Å². The van der Waals surface area contributed by atoms with Gasteiger partial charge in [-0.25, -0.2) is 9.18 Å². The fraction of sp³-hybridized carbons (Fsp3) is 0.417. The number of fused-ring (bicyclic) bond motifs is 1. The quantitative estimate of drug-likeness (QED) is 0.808. The number of halogens is 1. The maximum Gasteiger partial charge on any atom is 0.320 e. The van der Waals surface area contributed by atoms with Crippen LogP contribution in [-0.2, 0) is 6.42 Å². The molecule has 1 unspecified atom stereocenters. The second kappa shape index (κ2) is 9.74. The van der Waals surface area contributed by atoms with Crippen LogP contribution in [0.1, 0.15) is 53.7 Å². The van der Waals surface area contributed by atoms with Gasteiger partial charge in [-0.1, -0.05) is 24.3 Å². The molecule has 0 bridgehead atoms. The minimum Gasteiger partial charge on any atom is -0.352 e. The molecule has 2 aromatic rings. The van der Waals surface area contributed by atoms with Crippen molar-refractivity contribution in [3.05, 3.63) is 70.5 Å². The summed E-state index contributed by atoms with van der Waals surface area (Å²) in [6.45, 7) is 8.61. The number of nitrogens with zero attached hydrogens (tertiary/aromatic N) is 2. The number of rotatable bonds is 5. The van der Waals surface area contributed by atoms with Gasteiger partial charge in [-0.05, 0) is 62.1 Å². The summed E-state index contributed by atoms with van der Waals surface area (Å²) in [6.07, 6.45) is 0.489. The van der Waals surface area contributed by atoms with E-state index in [4.69, 9.17) is 0 Å². The van der Waals surface area contributed by atoms with E-state index in [2.05, 4.69) is 5.32 Å². The van der Waals surface area contributed by atoms with Crippen LogP contribution >= 0.6 is 0 Å². The first-order valence-corrected chi connectivity index (χ1v) is 10.7. The molecule has 0 radical (unpaired) electrons. The van der Waals surface area contributed by atoms with Crippen molar-refractivity contribution in [2.45, 2.75) is 33.1 Å². The van der Waals surface area contributed by atoms with Crippen molar-refractivity contribution in [1.82, 2.24) is 15.1 Å². The number of carbonyl (C=O) groups is 2. The van der Waals surface area contributed by atoms with Gasteiger partial charge in [0.2, 0.25) is 0 Å². The van der Waals surface area contributed by atoms with Crippen LogP contribution in [0.2, 0.25) is 0 Å². The Kier molecular flexibility index (Phi) is 7.08. The SMILES string of the molecule is CCNC(=O)c1ccc(C2CN(C(=O)N(CC)CC)CCc3c(F)cccc32)cc1. The Morgan fingerprint density at radius 3 is 2.43 bits per heavy atom. The molecular formula is C24H30FN3O2. The molecule has 0 aromatic heterocycles. The summed E-state index contributed by atoms with van der Waals surface area (Å²) >= 11 is 0. The highest BCUT2D eigenvalue weighted by molar-refractivity contribution is 5.94. The number of amides is 3. The lowest BCUT2D eigenvalue weighted by atomic mass is 9.87. The van der Waals surface area contributed by atoms with Crippen LogP contribution in [0, 0.1) is 5.82 Å². The Labute approximate surface area is 177 Å². The van der Waals surface area contributed by atoms with E-state index in [0.717, 1.165) is 11.1 Å². The normalized spacial score (nSPS) is 15.9. The second-order valence-corrected chi connectivity index (χ2v) is 7.49. The zero-order chi connectivity index (χ0) is 21.7. The maximum atomic E-state index is 14.6. The molecule has 0 saturated heterocycles. The number of nitrogens with one attached hydrogen (secondary N) is 1. The molecule has 1 N–H and O–H groups in total. The molecule has 30 heavy (non-hydrogen) atoms. The van der Waals surface area contributed by atoms with Crippen LogP contribution in [-0.4, -0.2) is 54.5 Å². The van der Waals surface area contributed by atoms with Crippen LogP contribution < -0.4 is 5.32 Å². The first-order chi connectivity index (χ1) is 14.5. The smallest absolute Gasteiger partial charge is 0.320 e. The minimum atomic E-state index is -0.228. The van der Waals surface area contributed by atoms with Gasteiger partial charge in [0, 0.05) is 44.2 Å². The highest BCUT2D eigenvalue weighted by Gasteiger charge is 2.30. The Morgan fingerprint density at radius 2 is 1.80 bits per heavy atom. The van der Waals surface area contributed by atoms with Crippen molar-refractivity contribution >= 4 is 11.9 Å². The molecule has 3 rings (SSSR count). The van der Waals surface area contributed by atoms with Crippen molar-refractivity contribution in [1.29, 1.82) is 0 Å². The molecule has 1 aliphatic heterocycles. The first-order valence-electron chi connectivity index (χ1n) is 10.7. The van der Waals surface area contributed by atoms with Gasteiger partial charge >= 0.3 is 6.03 Å². The van der Waals surface area contributed by atoms with E-state index in [1.54, 1.807) is 23.1 Å². The fourth-order valence-electron chi connectivity index (χ4n) is 4.10. The molecule has 1 aliphatic rings. The van der Waals surface area contributed by atoms with Gasteiger partial charge in [-0.3, -0.25) is 4.79 Å². The number of carbonyl (C=O) groups excluding carboxylic acids is 2. The average molecular weight is 412 g/mol. The zero-order valence-electron chi connectivity index (χ0n) is 18.0. The molecule has 0 spiro atoms. The summed E-state index contributed by atoms with van der Waals surface area (Å²) in [5, 5.41) is 2.79. The van der Waals surface area contributed by atoms with Crippen molar-refractivity contribution in [3.8, 4) is 0 Å². The molecule has 0 aliphatic carbocycles. The molecule has 0 fully saturated rings. The number of hydrogen-bond acceptors (Lipinski definition) is 2. The summed E-state index contributed by atoms with van der Waals surface area (Å²) in [7, 11) is 0. The van der Waals surface area contributed by atoms with E-state index in [1.807, 2.05) is 43.9 Å². The van der Waals surface area contributed by atoms with E-state index in [9.17, 15) is 14.0 Å². The van der Waals surface area contributed by atoms with Crippen LogP contribution in [0.5, 0.6) is 0 Å². The van der Waals surface area contributed by atoms with Gasteiger partial charge < -0.3 is 15.1 Å². The largest absolute Gasteiger partial charge is 0.352 e. The van der Waals surface area contributed by atoms with Gasteiger partial charge in [0.1, 0.15) is 5.82 Å². The summed E-state index contributed by atoms with van der Waals surface area (Å²) < 4.78 is 14.6. The predicted octanol–water partition coefficient (Wildman–Crippen LogP) is 4.03. The predicted molar refractivity (Wildman–Crippen MR) is 116 cm³/mol. The van der Waals surface area contributed by atoms with E-state index < -0.39 is 0 Å². The standard InChI is InChI=1S/C24H30FN3O2/c1-4-26-23(29)18-12-10-17(11-13-18)21-16-28(24(30)27(5-2)6-3)15-14-20-19(21)8-7-9-22(20)25/h7-13,21H,4-6,14-16H2,1-3H3,(H,26,29). The Balaban J connectivity index is 1.97. The maximum absolute atomic E-state index is 14.6. The van der Waals surface area contributed by atoms with Crippen molar-refractivity contribution in [3.63, 3.8) is 0 Å². The van der Waals surface area contributed by atoms with Crippen molar-refractivity contribution < 1.29 is 14.0 Å². The van der Waals surface area contributed by atoms with Gasteiger partial charge in [0.05, 0.1) is 0 Å². The number of hydrogen-bond donors (Lipinski definition) is 1. The monoisotopic (exact) mass is 411 g/mol. The summed E-state index contributed by atoms with van der Waals surface area (Å²) in [4.78, 5) is 28.8. The lowest BCUT2D eigenvalue weighted by Gasteiger charge is -2.30. The molecule has 1 atom stereocenters. The molecule has 2 aromatic carbocycles.